The minimum atomic E-state index is -0.692. The van der Waals surface area contributed by atoms with Crippen molar-refractivity contribution in [3.05, 3.63) is 53.3 Å². The number of aromatic nitrogens is 1. The van der Waals surface area contributed by atoms with E-state index >= 15 is 0 Å². The van der Waals surface area contributed by atoms with Gasteiger partial charge in [0.15, 0.2) is 0 Å². The van der Waals surface area contributed by atoms with Crippen LogP contribution >= 0.6 is 11.6 Å². The average Bonchev–Trinajstić information content (AvgIpc) is 3.16. The van der Waals surface area contributed by atoms with Crippen LogP contribution in [-0.2, 0) is 16.1 Å². The van der Waals surface area contributed by atoms with Gasteiger partial charge in [0.2, 0.25) is 5.91 Å². The van der Waals surface area contributed by atoms with Crippen LogP contribution in [0.4, 0.5) is 5.69 Å². The number of ether oxygens (including phenoxy) is 2. The van der Waals surface area contributed by atoms with Gasteiger partial charge < -0.3 is 20.5 Å². The van der Waals surface area contributed by atoms with Crippen molar-refractivity contribution in [1.29, 1.82) is 0 Å². The standard InChI is InChI=1S/C18H20ClN3O3/c19-14-9-13(22-18(23)17(20)16-4-2-8-24-16)5-6-15(14)25-11-12-3-1-7-21-10-12/h1,3,5-7,9-10,16-17H,2,4,8,11,20H2,(H,22,23). The molecule has 25 heavy (non-hydrogen) atoms. The van der Waals surface area contributed by atoms with Gasteiger partial charge in [-0.05, 0) is 37.1 Å². The number of nitrogens with one attached hydrogen (secondary N) is 1. The number of hydrogen-bond donors (Lipinski definition) is 2. The molecule has 1 aliphatic heterocycles. The predicted molar refractivity (Wildman–Crippen MR) is 95.6 cm³/mol. The number of benzene rings is 1. The smallest absolute Gasteiger partial charge is 0.243 e. The van der Waals surface area contributed by atoms with Gasteiger partial charge in [-0.15, -0.1) is 0 Å². The normalized spacial score (nSPS) is 17.9. The molecular formula is C18H20ClN3O3. The SMILES string of the molecule is NC(C(=O)Nc1ccc(OCc2cccnc2)c(Cl)c1)C1CCCO1. The molecule has 2 unspecified atom stereocenters. The molecule has 1 amide bonds. The Bertz CT molecular complexity index is 721. The molecule has 0 spiro atoms. The van der Waals surface area contributed by atoms with Crippen LogP contribution in [0.1, 0.15) is 18.4 Å². The predicted octanol–water partition coefficient (Wildman–Crippen LogP) is 2.76. The summed E-state index contributed by atoms with van der Waals surface area (Å²) in [7, 11) is 0. The average molecular weight is 362 g/mol. The van der Waals surface area contributed by atoms with E-state index in [1.165, 1.54) is 0 Å². The summed E-state index contributed by atoms with van der Waals surface area (Å²) >= 11 is 6.24. The second-order valence-electron chi connectivity index (χ2n) is 5.86. The molecule has 2 aromatic rings. The van der Waals surface area contributed by atoms with Gasteiger partial charge in [-0.1, -0.05) is 17.7 Å². The van der Waals surface area contributed by atoms with Gasteiger partial charge in [0, 0.05) is 30.3 Å². The molecule has 0 bridgehead atoms. The minimum absolute atomic E-state index is 0.224. The van der Waals surface area contributed by atoms with Crippen molar-refractivity contribution in [2.24, 2.45) is 5.73 Å². The number of nitrogens with zero attached hydrogens (tertiary/aromatic N) is 1. The highest BCUT2D eigenvalue weighted by Gasteiger charge is 2.28. The summed E-state index contributed by atoms with van der Waals surface area (Å²) in [6.45, 7) is 1.02. The Balaban J connectivity index is 1.58. The van der Waals surface area contributed by atoms with Gasteiger partial charge in [0.1, 0.15) is 18.4 Å². The Labute approximate surface area is 151 Å². The van der Waals surface area contributed by atoms with Crippen molar-refractivity contribution in [3.63, 3.8) is 0 Å². The summed E-state index contributed by atoms with van der Waals surface area (Å²) in [5.74, 6) is 0.249. The maximum Gasteiger partial charge on any atom is 0.243 e. The Hall–Kier alpha value is -2.15. The van der Waals surface area contributed by atoms with Crippen LogP contribution in [0.2, 0.25) is 5.02 Å². The lowest BCUT2D eigenvalue weighted by atomic mass is 10.1. The molecule has 1 aromatic carbocycles. The number of carbonyl (C=O) groups is 1. The third-order valence-corrected chi connectivity index (χ3v) is 4.28. The first-order chi connectivity index (χ1) is 12.1. The van der Waals surface area contributed by atoms with Gasteiger partial charge >= 0.3 is 0 Å². The highest BCUT2D eigenvalue weighted by atomic mass is 35.5. The van der Waals surface area contributed by atoms with Crippen LogP contribution in [0.25, 0.3) is 0 Å². The lowest BCUT2D eigenvalue weighted by molar-refractivity contribution is -0.119. The lowest BCUT2D eigenvalue weighted by Crippen LogP contribution is -2.44. The maximum absolute atomic E-state index is 12.2. The second kappa shape index (κ2) is 8.29. The first-order valence-electron chi connectivity index (χ1n) is 8.13. The number of rotatable bonds is 6. The van der Waals surface area contributed by atoms with Gasteiger partial charge in [-0.3, -0.25) is 9.78 Å². The molecule has 0 radical (unpaired) electrons. The van der Waals surface area contributed by atoms with Gasteiger partial charge in [-0.2, -0.15) is 0 Å². The summed E-state index contributed by atoms with van der Waals surface area (Å²) in [5, 5.41) is 3.18. The summed E-state index contributed by atoms with van der Waals surface area (Å²) in [6.07, 6.45) is 4.94. The van der Waals surface area contributed by atoms with Gasteiger partial charge in [0.25, 0.3) is 0 Å². The molecule has 132 valence electrons. The molecule has 7 heteroatoms. The van der Waals surface area contributed by atoms with E-state index < -0.39 is 6.04 Å². The number of amides is 1. The zero-order valence-electron chi connectivity index (χ0n) is 13.7. The minimum Gasteiger partial charge on any atom is -0.487 e. The first kappa shape index (κ1) is 17.7. The van der Waals surface area contributed by atoms with Crippen molar-refractivity contribution < 1.29 is 14.3 Å². The number of nitrogens with two attached hydrogens (primary N) is 1. The van der Waals surface area contributed by atoms with E-state index in [2.05, 4.69) is 10.3 Å². The Morgan fingerprint density at radius 2 is 2.36 bits per heavy atom. The Morgan fingerprint density at radius 1 is 1.48 bits per heavy atom. The highest BCUT2D eigenvalue weighted by molar-refractivity contribution is 6.32. The molecule has 1 aliphatic rings. The van der Waals surface area contributed by atoms with Crippen LogP contribution in [0.3, 0.4) is 0 Å². The van der Waals surface area contributed by atoms with Gasteiger partial charge in [-0.25, -0.2) is 0 Å². The maximum atomic E-state index is 12.2. The first-order valence-corrected chi connectivity index (χ1v) is 8.50. The fourth-order valence-electron chi connectivity index (χ4n) is 2.62. The van der Waals surface area contributed by atoms with E-state index in [9.17, 15) is 4.79 Å². The fourth-order valence-corrected chi connectivity index (χ4v) is 2.86. The van der Waals surface area contributed by atoms with E-state index in [0.29, 0.717) is 29.7 Å². The van der Waals surface area contributed by atoms with Crippen molar-refractivity contribution >= 4 is 23.2 Å². The molecule has 1 aromatic heterocycles. The molecule has 3 N–H and O–H groups in total. The largest absolute Gasteiger partial charge is 0.487 e. The van der Waals surface area contributed by atoms with Crippen molar-refractivity contribution in [2.75, 3.05) is 11.9 Å². The summed E-state index contributed by atoms with van der Waals surface area (Å²) < 4.78 is 11.1. The molecule has 0 saturated carbocycles. The summed E-state index contributed by atoms with van der Waals surface area (Å²) in [5.41, 5.74) is 7.46. The number of anilines is 1. The van der Waals surface area contributed by atoms with Crippen LogP contribution in [-0.4, -0.2) is 29.6 Å². The van der Waals surface area contributed by atoms with Crippen molar-refractivity contribution in [1.82, 2.24) is 4.98 Å². The van der Waals surface area contributed by atoms with Crippen LogP contribution < -0.4 is 15.8 Å². The van der Waals surface area contributed by atoms with E-state index in [0.717, 1.165) is 18.4 Å². The topological polar surface area (TPSA) is 86.5 Å². The Kier molecular flexibility index (Phi) is 5.86. The summed E-state index contributed by atoms with van der Waals surface area (Å²) in [4.78, 5) is 16.2. The zero-order chi connectivity index (χ0) is 17.6. The Morgan fingerprint density at radius 3 is 3.04 bits per heavy atom. The van der Waals surface area contributed by atoms with E-state index in [1.807, 2.05) is 12.1 Å². The molecular weight excluding hydrogens is 342 g/mol. The van der Waals surface area contributed by atoms with Crippen LogP contribution in [0.15, 0.2) is 42.7 Å². The summed E-state index contributed by atoms with van der Waals surface area (Å²) in [6, 6.07) is 8.15. The second-order valence-corrected chi connectivity index (χ2v) is 6.27. The number of hydrogen-bond acceptors (Lipinski definition) is 5. The number of carbonyl (C=O) groups excluding carboxylic acids is 1. The highest BCUT2D eigenvalue weighted by Crippen LogP contribution is 2.28. The monoisotopic (exact) mass is 361 g/mol. The van der Waals surface area contributed by atoms with E-state index in [4.69, 9.17) is 26.8 Å². The third-order valence-electron chi connectivity index (χ3n) is 3.98. The van der Waals surface area contributed by atoms with E-state index in [-0.39, 0.29) is 12.0 Å². The van der Waals surface area contributed by atoms with Crippen molar-refractivity contribution in [2.45, 2.75) is 31.6 Å². The lowest BCUT2D eigenvalue weighted by Gasteiger charge is -2.18. The molecule has 1 saturated heterocycles. The van der Waals surface area contributed by atoms with Crippen LogP contribution in [0.5, 0.6) is 5.75 Å². The molecule has 3 rings (SSSR count). The number of pyridine rings is 1. The molecule has 2 atom stereocenters. The van der Waals surface area contributed by atoms with E-state index in [1.54, 1.807) is 30.6 Å². The quantitative estimate of drug-likeness (QED) is 0.826. The number of halogens is 1. The zero-order valence-corrected chi connectivity index (χ0v) is 14.4. The van der Waals surface area contributed by atoms with Crippen molar-refractivity contribution in [3.8, 4) is 5.75 Å². The molecule has 1 fully saturated rings. The van der Waals surface area contributed by atoms with Crippen LogP contribution in [0, 0.1) is 0 Å². The molecule has 2 heterocycles. The van der Waals surface area contributed by atoms with Gasteiger partial charge in [0.05, 0.1) is 11.1 Å². The molecule has 0 aliphatic carbocycles. The third kappa shape index (κ3) is 4.69. The fraction of sp³-hybridized carbons (Fsp3) is 0.333. The molecule has 6 nitrogen and oxygen atoms in total.